The number of benzene rings is 1. The van der Waals surface area contributed by atoms with Crippen LogP contribution >= 0.6 is 23.8 Å². The Kier molecular flexibility index (Phi) is 6.08. The minimum Gasteiger partial charge on any atom is -0.358 e. The first kappa shape index (κ1) is 16.1. The van der Waals surface area contributed by atoms with Crippen molar-refractivity contribution in [3.05, 3.63) is 51.6 Å². The van der Waals surface area contributed by atoms with E-state index in [4.69, 9.17) is 23.8 Å². The number of hydrazone groups is 1. The maximum Gasteiger partial charge on any atom is 0.288 e. The van der Waals surface area contributed by atoms with Gasteiger partial charge >= 0.3 is 0 Å². The molecule has 20 heavy (non-hydrogen) atoms. The van der Waals surface area contributed by atoms with E-state index in [1.54, 1.807) is 19.1 Å². The Balaban J connectivity index is 2.84. The number of nitro groups is 1. The summed E-state index contributed by atoms with van der Waals surface area (Å²) in [5, 5.41) is 18.1. The van der Waals surface area contributed by atoms with E-state index in [1.165, 1.54) is 12.1 Å². The van der Waals surface area contributed by atoms with E-state index in [0.29, 0.717) is 22.9 Å². The number of halogens is 1. The van der Waals surface area contributed by atoms with E-state index in [0.717, 1.165) is 0 Å². The maximum atomic E-state index is 10.8. The molecule has 0 atom stereocenters. The van der Waals surface area contributed by atoms with Gasteiger partial charge in [-0.2, -0.15) is 5.10 Å². The van der Waals surface area contributed by atoms with Gasteiger partial charge in [0.1, 0.15) is 5.02 Å². The fraction of sp³-hybridized carbons (Fsp3) is 0.167. The maximum absolute atomic E-state index is 10.8. The van der Waals surface area contributed by atoms with Crippen molar-refractivity contribution in [1.29, 1.82) is 0 Å². The second kappa shape index (κ2) is 7.56. The highest BCUT2D eigenvalue weighted by Gasteiger charge is 2.13. The molecule has 0 saturated carbocycles. The predicted octanol–water partition coefficient (Wildman–Crippen LogP) is 2.62. The number of rotatable bonds is 5. The second-order valence-corrected chi connectivity index (χ2v) is 4.55. The fourth-order valence-corrected chi connectivity index (χ4v) is 1.60. The molecular formula is C12H13ClN4O2S. The van der Waals surface area contributed by atoms with E-state index in [9.17, 15) is 10.1 Å². The number of nitro benzene ring substituents is 1. The van der Waals surface area contributed by atoms with E-state index in [2.05, 4.69) is 22.4 Å². The lowest BCUT2D eigenvalue weighted by atomic mass is 10.1. The van der Waals surface area contributed by atoms with Crippen molar-refractivity contribution < 1.29 is 4.92 Å². The van der Waals surface area contributed by atoms with Gasteiger partial charge in [0.05, 0.1) is 10.6 Å². The zero-order valence-corrected chi connectivity index (χ0v) is 12.3. The van der Waals surface area contributed by atoms with Crippen LogP contribution in [0.1, 0.15) is 12.5 Å². The summed E-state index contributed by atoms with van der Waals surface area (Å²) in [5.41, 5.74) is 3.61. The minimum absolute atomic E-state index is 0.0858. The highest BCUT2D eigenvalue weighted by atomic mass is 35.5. The van der Waals surface area contributed by atoms with Crippen LogP contribution in [0.15, 0.2) is 36.0 Å². The summed E-state index contributed by atoms with van der Waals surface area (Å²) in [6.07, 6.45) is 1.66. The normalized spacial score (nSPS) is 10.8. The molecule has 0 aromatic heterocycles. The molecule has 0 radical (unpaired) electrons. The first-order chi connectivity index (χ1) is 9.45. The third-order valence-corrected chi connectivity index (χ3v) is 2.85. The quantitative estimate of drug-likeness (QED) is 0.287. The molecule has 0 aliphatic heterocycles. The summed E-state index contributed by atoms with van der Waals surface area (Å²) in [4.78, 5) is 10.3. The van der Waals surface area contributed by atoms with E-state index < -0.39 is 4.92 Å². The third-order valence-electron chi connectivity index (χ3n) is 2.29. The van der Waals surface area contributed by atoms with Crippen LogP contribution in [-0.2, 0) is 0 Å². The van der Waals surface area contributed by atoms with Gasteiger partial charge in [-0.25, -0.2) is 0 Å². The largest absolute Gasteiger partial charge is 0.358 e. The van der Waals surface area contributed by atoms with Gasteiger partial charge < -0.3 is 5.32 Å². The van der Waals surface area contributed by atoms with Crippen molar-refractivity contribution in [2.24, 2.45) is 5.10 Å². The van der Waals surface area contributed by atoms with Crippen LogP contribution in [0.3, 0.4) is 0 Å². The van der Waals surface area contributed by atoms with Crippen molar-refractivity contribution in [1.82, 2.24) is 10.7 Å². The zero-order valence-electron chi connectivity index (χ0n) is 10.7. The summed E-state index contributed by atoms with van der Waals surface area (Å²) in [6, 6.07) is 4.47. The van der Waals surface area contributed by atoms with E-state index in [1.807, 2.05) is 0 Å². The summed E-state index contributed by atoms with van der Waals surface area (Å²) in [7, 11) is 0. The van der Waals surface area contributed by atoms with Crippen LogP contribution in [-0.4, -0.2) is 22.3 Å². The first-order valence-corrected chi connectivity index (χ1v) is 6.37. The molecule has 0 unspecified atom stereocenters. The molecule has 6 nitrogen and oxygen atoms in total. The lowest BCUT2D eigenvalue weighted by molar-refractivity contribution is -0.384. The standard InChI is InChI=1S/C12H13ClN4O2S/c1-3-6-14-12(20)16-15-8(2)9-4-5-10(13)11(7-9)17(18)19/h3-5,7H,1,6H2,2H3,(H2,14,16,20)/b15-8-. The van der Waals surface area contributed by atoms with Crippen molar-refractivity contribution >= 4 is 40.3 Å². The van der Waals surface area contributed by atoms with Gasteiger partial charge in [0.25, 0.3) is 5.69 Å². The highest BCUT2D eigenvalue weighted by molar-refractivity contribution is 7.80. The molecule has 0 fully saturated rings. The Morgan fingerprint density at radius 2 is 2.35 bits per heavy atom. The number of nitrogens with zero attached hydrogens (tertiary/aromatic N) is 2. The summed E-state index contributed by atoms with van der Waals surface area (Å²) in [5.74, 6) is 0. The van der Waals surface area contributed by atoms with Gasteiger partial charge in [-0.15, -0.1) is 6.58 Å². The number of hydrogen-bond donors (Lipinski definition) is 2. The molecular weight excluding hydrogens is 300 g/mol. The molecule has 1 aromatic carbocycles. The number of hydrogen-bond acceptors (Lipinski definition) is 4. The highest BCUT2D eigenvalue weighted by Crippen LogP contribution is 2.25. The number of nitrogens with one attached hydrogen (secondary N) is 2. The molecule has 1 aromatic rings. The van der Waals surface area contributed by atoms with Gasteiger partial charge in [0.15, 0.2) is 5.11 Å². The molecule has 8 heteroatoms. The third kappa shape index (κ3) is 4.60. The lowest BCUT2D eigenvalue weighted by Gasteiger charge is -2.06. The molecule has 2 N–H and O–H groups in total. The molecule has 0 bridgehead atoms. The monoisotopic (exact) mass is 312 g/mol. The van der Waals surface area contributed by atoms with Gasteiger partial charge in [-0.3, -0.25) is 15.5 Å². The van der Waals surface area contributed by atoms with Crippen molar-refractivity contribution in [2.45, 2.75) is 6.92 Å². The van der Waals surface area contributed by atoms with Crippen molar-refractivity contribution in [3.8, 4) is 0 Å². The van der Waals surface area contributed by atoms with E-state index in [-0.39, 0.29) is 10.7 Å². The summed E-state index contributed by atoms with van der Waals surface area (Å²) >= 11 is 10.7. The molecule has 0 spiro atoms. The van der Waals surface area contributed by atoms with Gasteiger partial charge in [-0.1, -0.05) is 23.7 Å². The van der Waals surface area contributed by atoms with Gasteiger partial charge in [0, 0.05) is 18.2 Å². The second-order valence-electron chi connectivity index (χ2n) is 3.73. The number of thiocarbonyl (C=S) groups is 1. The van der Waals surface area contributed by atoms with Crippen LogP contribution in [0.25, 0.3) is 0 Å². The molecule has 106 valence electrons. The van der Waals surface area contributed by atoms with Crippen molar-refractivity contribution in [2.75, 3.05) is 6.54 Å². The minimum atomic E-state index is -0.539. The Hall–Kier alpha value is -1.99. The Morgan fingerprint density at radius 3 is 2.95 bits per heavy atom. The van der Waals surface area contributed by atoms with Crippen LogP contribution in [0, 0.1) is 10.1 Å². The SMILES string of the molecule is C=CCNC(=S)N/N=C(/C)c1ccc(Cl)c([N+](=O)[O-])c1. The molecule has 0 amide bonds. The average Bonchev–Trinajstić information content (AvgIpc) is 2.42. The Bertz CT molecular complexity index is 575. The molecule has 0 saturated heterocycles. The molecule has 0 aliphatic rings. The van der Waals surface area contributed by atoms with Crippen LogP contribution in [0.4, 0.5) is 5.69 Å². The topological polar surface area (TPSA) is 79.6 Å². The first-order valence-electron chi connectivity index (χ1n) is 5.59. The van der Waals surface area contributed by atoms with E-state index >= 15 is 0 Å². The fourth-order valence-electron chi connectivity index (χ4n) is 1.28. The smallest absolute Gasteiger partial charge is 0.288 e. The molecule has 1 rings (SSSR count). The van der Waals surface area contributed by atoms with Crippen LogP contribution in [0.2, 0.25) is 5.02 Å². The Morgan fingerprint density at radius 1 is 1.65 bits per heavy atom. The average molecular weight is 313 g/mol. The Labute approximate surface area is 126 Å². The summed E-state index contributed by atoms with van der Waals surface area (Å²) < 4.78 is 0. The van der Waals surface area contributed by atoms with Crippen molar-refractivity contribution in [3.63, 3.8) is 0 Å². The lowest BCUT2D eigenvalue weighted by Crippen LogP contribution is -2.32. The molecule has 0 aliphatic carbocycles. The van der Waals surface area contributed by atoms with Gasteiger partial charge in [-0.05, 0) is 25.2 Å². The zero-order chi connectivity index (χ0) is 15.1. The summed E-state index contributed by atoms with van der Waals surface area (Å²) in [6.45, 7) is 5.77. The van der Waals surface area contributed by atoms with Crippen LogP contribution in [0.5, 0.6) is 0 Å². The predicted molar refractivity (Wildman–Crippen MR) is 84.3 cm³/mol. The molecule has 0 heterocycles. The van der Waals surface area contributed by atoms with Crippen LogP contribution < -0.4 is 10.7 Å². The van der Waals surface area contributed by atoms with Gasteiger partial charge in [0.2, 0.25) is 0 Å².